The highest BCUT2D eigenvalue weighted by molar-refractivity contribution is 6.08. The van der Waals surface area contributed by atoms with Crippen molar-refractivity contribution in [1.82, 2.24) is 15.0 Å². The topological polar surface area (TPSA) is 121 Å². The zero-order valence-corrected chi connectivity index (χ0v) is 29.0. The first-order chi connectivity index (χ1) is 24.8. The lowest BCUT2D eigenvalue weighted by Crippen LogP contribution is -2.43. The van der Waals surface area contributed by atoms with Gasteiger partial charge in [-0.3, -0.25) is 19.1 Å². The molecule has 4 aromatic rings. The fourth-order valence-corrected chi connectivity index (χ4v) is 8.31. The van der Waals surface area contributed by atoms with Crippen molar-refractivity contribution in [2.24, 2.45) is 5.92 Å². The second-order valence-corrected chi connectivity index (χ2v) is 14.4. The molecule has 0 radical (unpaired) electrons. The number of piperidine rings is 2. The number of amides is 3. The molecule has 1 N–H and O–H groups in total. The maximum Gasteiger partial charge on any atom is 0.264 e. The molecule has 0 aliphatic carbocycles. The van der Waals surface area contributed by atoms with E-state index in [0.717, 1.165) is 66.0 Å². The molecule has 11 nitrogen and oxygen atoms in total. The molecule has 3 saturated heterocycles. The molecule has 1 spiro atoms. The SMILES string of the molecule is C[C@H]1C[C@@H](CCn2cc([C@H](O)c3ccccc3)nn2)O[C@]12C(=O)N(Cc1ccc(N3CCCCC3=O)cc1)c1ccc(N3CCCCC3=O)cc12. The Balaban J connectivity index is 1.04. The minimum Gasteiger partial charge on any atom is -0.382 e. The number of aliphatic hydroxyl groups is 1. The maximum atomic E-state index is 14.8. The van der Waals surface area contributed by atoms with E-state index in [1.54, 1.807) is 10.9 Å². The summed E-state index contributed by atoms with van der Waals surface area (Å²) in [6, 6.07) is 23.3. The van der Waals surface area contributed by atoms with Gasteiger partial charge in [-0.2, -0.15) is 0 Å². The van der Waals surface area contributed by atoms with E-state index in [1.165, 1.54) is 0 Å². The van der Waals surface area contributed by atoms with Gasteiger partial charge in [-0.25, -0.2) is 0 Å². The van der Waals surface area contributed by atoms with Crippen LogP contribution >= 0.6 is 0 Å². The van der Waals surface area contributed by atoms with Crippen LogP contribution in [0.25, 0.3) is 0 Å². The average molecular weight is 689 g/mol. The van der Waals surface area contributed by atoms with E-state index in [-0.39, 0.29) is 29.7 Å². The largest absolute Gasteiger partial charge is 0.382 e. The van der Waals surface area contributed by atoms with Crippen molar-refractivity contribution < 1.29 is 24.2 Å². The molecular weight excluding hydrogens is 644 g/mol. The fourth-order valence-electron chi connectivity index (χ4n) is 8.31. The molecule has 0 bridgehead atoms. The summed E-state index contributed by atoms with van der Waals surface area (Å²) in [5, 5.41) is 19.3. The van der Waals surface area contributed by atoms with Crippen LogP contribution in [0.1, 0.15) is 86.8 Å². The predicted molar refractivity (Wildman–Crippen MR) is 192 cm³/mol. The number of nitrogens with zero attached hydrogens (tertiary/aromatic N) is 6. The Kier molecular flexibility index (Phi) is 8.93. The Labute approximate surface area is 297 Å². The van der Waals surface area contributed by atoms with Crippen LogP contribution in [0.15, 0.2) is 79.0 Å². The Bertz CT molecular complexity index is 1930. The van der Waals surface area contributed by atoms with Crippen LogP contribution in [0.5, 0.6) is 0 Å². The van der Waals surface area contributed by atoms with Crippen LogP contribution in [0.4, 0.5) is 17.1 Å². The molecule has 11 heteroatoms. The highest BCUT2D eigenvalue weighted by atomic mass is 16.5. The van der Waals surface area contributed by atoms with Gasteiger partial charge in [0.05, 0.1) is 24.5 Å². The van der Waals surface area contributed by atoms with Crippen molar-refractivity contribution in [3.05, 3.63) is 101 Å². The van der Waals surface area contributed by atoms with Crippen LogP contribution in [0.3, 0.4) is 0 Å². The first-order valence-corrected chi connectivity index (χ1v) is 18.3. The number of aliphatic hydroxyl groups excluding tert-OH is 1. The Morgan fingerprint density at radius 1 is 0.882 bits per heavy atom. The van der Waals surface area contributed by atoms with Crippen LogP contribution < -0.4 is 14.7 Å². The molecule has 4 atom stereocenters. The maximum absolute atomic E-state index is 14.8. The first-order valence-electron chi connectivity index (χ1n) is 18.3. The molecule has 4 aliphatic rings. The lowest BCUT2D eigenvalue weighted by atomic mass is 9.82. The van der Waals surface area contributed by atoms with Crippen molar-refractivity contribution in [3.8, 4) is 0 Å². The van der Waals surface area contributed by atoms with Gasteiger partial charge < -0.3 is 24.5 Å². The summed E-state index contributed by atoms with van der Waals surface area (Å²) in [6.07, 6.45) is 6.82. The van der Waals surface area contributed by atoms with Gasteiger partial charge in [0.2, 0.25) is 11.8 Å². The van der Waals surface area contributed by atoms with Gasteiger partial charge in [-0.1, -0.05) is 54.6 Å². The van der Waals surface area contributed by atoms with E-state index in [1.807, 2.05) is 87.5 Å². The minimum atomic E-state index is -1.19. The van der Waals surface area contributed by atoms with Crippen LogP contribution in [0, 0.1) is 5.92 Å². The van der Waals surface area contributed by atoms with Crippen LogP contribution in [0.2, 0.25) is 0 Å². The van der Waals surface area contributed by atoms with Crippen molar-refractivity contribution in [1.29, 1.82) is 0 Å². The quantitative estimate of drug-likeness (QED) is 0.241. The number of carbonyl (C=O) groups excluding carboxylic acids is 3. The number of ether oxygens (including phenoxy) is 1. The summed E-state index contributed by atoms with van der Waals surface area (Å²) in [5.41, 5.74) is 4.28. The molecule has 8 rings (SSSR count). The lowest BCUT2D eigenvalue weighted by molar-refractivity contribution is -0.146. The Hall–Kier alpha value is -4.87. The van der Waals surface area contributed by atoms with E-state index in [4.69, 9.17) is 4.74 Å². The summed E-state index contributed by atoms with van der Waals surface area (Å²) in [7, 11) is 0. The van der Waals surface area contributed by atoms with E-state index in [2.05, 4.69) is 17.2 Å². The van der Waals surface area contributed by atoms with Crippen molar-refractivity contribution in [2.75, 3.05) is 27.8 Å². The van der Waals surface area contributed by atoms with E-state index in [0.29, 0.717) is 51.0 Å². The summed E-state index contributed by atoms with van der Waals surface area (Å²) >= 11 is 0. The van der Waals surface area contributed by atoms with Crippen LogP contribution in [-0.4, -0.2) is 57.0 Å². The molecule has 3 aromatic carbocycles. The van der Waals surface area contributed by atoms with Crippen LogP contribution in [-0.2, 0) is 37.8 Å². The second-order valence-electron chi connectivity index (χ2n) is 14.4. The van der Waals surface area contributed by atoms with Crippen molar-refractivity contribution in [2.45, 2.75) is 89.2 Å². The first kappa shape index (κ1) is 33.3. The zero-order chi connectivity index (χ0) is 35.1. The molecule has 1 aromatic heterocycles. The smallest absolute Gasteiger partial charge is 0.264 e. The predicted octanol–water partition coefficient (Wildman–Crippen LogP) is 5.65. The summed E-state index contributed by atoms with van der Waals surface area (Å²) in [6.45, 7) is 4.34. The summed E-state index contributed by atoms with van der Waals surface area (Å²) < 4.78 is 8.62. The number of rotatable bonds is 9. The number of benzene rings is 3. The number of fused-ring (bicyclic) bond motifs is 2. The highest BCUT2D eigenvalue weighted by Crippen LogP contribution is 2.54. The second kappa shape index (κ2) is 13.7. The van der Waals surface area contributed by atoms with Gasteiger partial charge in [0, 0.05) is 55.3 Å². The van der Waals surface area contributed by atoms with Gasteiger partial charge in [-0.15, -0.1) is 5.10 Å². The Morgan fingerprint density at radius 3 is 2.27 bits per heavy atom. The molecule has 264 valence electrons. The lowest BCUT2D eigenvalue weighted by Gasteiger charge is -2.30. The van der Waals surface area contributed by atoms with Gasteiger partial charge in [0.25, 0.3) is 5.91 Å². The van der Waals surface area contributed by atoms with E-state index >= 15 is 0 Å². The average Bonchev–Trinajstić information content (AvgIpc) is 3.83. The van der Waals surface area contributed by atoms with E-state index in [9.17, 15) is 19.5 Å². The third-order valence-corrected chi connectivity index (χ3v) is 11.1. The standard InChI is InChI=1S/C40H44N6O5/c1-27-23-32(19-22-43-26-34(41-42-43)38(49)29-9-3-2-4-10-29)51-40(27)33-24-31(45-21-8-6-12-37(45)48)17-18-35(33)46(39(40)50)25-28-13-15-30(16-14-28)44-20-7-5-11-36(44)47/h2-4,9-10,13-18,24,26-27,32,38,49H,5-8,11-12,19-23,25H2,1H3/t27-,32+,38+,40+/m0/s1. The molecular formula is C40H44N6O5. The highest BCUT2D eigenvalue weighted by Gasteiger charge is 2.60. The molecule has 0 unspecified atom stereocenters. The molecule has 51 heavy (non-hydrogen) atoms. The van der Waals surface area contributed by atoms with Gasteiger partial charge in [-0.05, 0) is 80.0 Å². The Morgan fingerprint density at radius 2 is 1.57 bits per heavy atom. The number of anilines is 3. The minimum absolute atomic E-state index is 0.0982. The number of hydrogen-bond donors (Lipinski definition) is 1. The third-order valence-electron chi connectivity index (χ3n) is 11.1. The van der Waals surface area contributed by atoms with E-state index < -0.39 is 11.7 Å². The number of aromatic nitrogens is 3. The number of aryl methyl sites for hydroxylation is 1. The van der Waals surface area contributed by atoms with Gasteiger partial charge >= 0.3 is 0 Å². The molecule has 3 amide bonds. The molecule has 5 heterocycles. The monoisotopic (exact) mass is 688 g/mol. The fraction of sp³-hybridized carbons (Fsp3) is 0.425. The molecule has 0 saturated carbocycles. The normalized spacial score (nSPS) is 24.1. The zero-order valence-electron chi connectivity index (χ0n) is 29.0. The van der Waals surface area contributed by atoms with Gasteiger partial charge in [0.1, 0.15) is 11.8 Å². The summed E-state index contributed by atoms with van der Waals surface area (Å²) in [5.74, 6) is 0.0359. The molecule has 4 aliphatic heterocycles. The van der Waals surface area contributed by atoms with Gasteiger partial charge in [0.15, 0.2) is 5.60 Å². The molecule has 3 fully saturated rings. The van der Waals surface area contributed by atoms with Crippen molar-refractivity contribution >= 4 is 34.8 Å². The summed E-state index contributed by atoms with van der Waals surface area (Å²) in [4.78, 5) is 45.8. The number of hydrogen-bond acceptors (Lipinski definition) is 7. The van der Waals surface area contributed by atoms with Crippen molar-refractivity contribution in [3.63, 3.8) is 0 Å². The third kappa shape index (κ3) is 6.12. The number of carbonyl (C=O) groups is 3.